The highest BCUT2D eigenvalue weighted by Crippen LogP contribution is 2.36. The Labute approximate surface area is 128 Å². The van der Waals surface area contributed by atoms with E-state index >= 15 is 0 Å². The Hall–Kier alpha value is -2.38. The van der Waals surface area contributed by atoms with Crippen molar-refractivity contribution in [3.05, 3.63) is 59.7 Å². The lowest BCUT2D eigenvalue weighted by Crippen LogP contribution is -2.18. The second-order valence-electron chi connectivity index (χ2n) is 4.62. The number of benzene rings is 2. The lowest BCUT2D eigenvalue weighted by atomic mass is 10.1. The van der Waals surface area contributed by atoms with Crippen LogP contribution in [0.25, 0.3) is 0 Å². The molecule has 2 aromatic carbocycles. The number of alkyl halides is 6. The van der Waals surface area contributed by atoms with Crippen LogP contribution < -0.4 is 10.6 Å². The van der Waals surface area contributed by atoms with Gasteiger partial charge in [-0.2, -0.15) is 26.3 Å². The lowest BCUT2D eigenvalue weighted by molar-refractivity contribution is -0.137. The summed E-state index contributed by atoms with van der Waals surface area (Å²) in [6, 6.07) is 9.49. The van der Waals surface area contributed by atoms with Crippen molar-refractivity contribution in [2.75, 3.05) is 17.3 Å². The van der Waals surface area contributed by atoms with Crippen LogP contribution in [0.15, 0.2) is 48.5 Å². The van der Waals surface area contributed by atoms with Crippen molar-refractivity contribution in [2.24, 2.45) is 0 Å². The number of halogens is 6. The Morgan fingerprint density at radius 2 is 0.957 bits per heavy atom. The van der Waals surface area contributed by atoms with Crippen molar-refractivity contribution in [3.8, 4) is 0 Å². The minimum Gasteiger partial charge on any atom is -0.367 e. The molecule has 0 heterocycles. The van der Waals surface area contributed by atoms with Crippen LogP contribution in [0, 0.1) is 0 Å². The molecule has 0 saturated heterocycles. The molecule has 2 N–H and O–H groups in total. The molecule has 23 heavy (non-hydrogen) atoms. The molecule has 0 aliphatic rings. The Morgan fingerprint density at radius 3 is 1.30 bits per heavy atom. The van der Waals surface area contributed by atoms with Gasteiger partial charge in [-0.3, -0.25) is 0 Å². The van der Waals surface area contributed by atoms with Crippen LogP contribution in [0.3, 0.4) is 0 Å². The number of para-hydroxylation sites is 2. The monoisotopic (exact) mass is 334 g/mol. The van der Waals surface area contributed by atoms with Gasteiger partial charge >= 0.3 is 12.4 Å². The third kappa shape index (κ3) is 4.30. The van der Waals surface area contributed by atoms with Gasteiger partial charge in [-0.15, -0.1) is 0 Å². The summed E-state index contributed by atoms with van der Waals surface area (Å²) in [7, 11) is 0. The molecule has 0 atom stereocenters. The maximum Gasteiger partial charge on any atom is 0.418 e. The van der Waals surface area contributed by atoms with Crippen molar-refractivity contribution in [1.29, 1.82) is 0 Å². The summed E-state index contributed by atoms with van der Waals surface area (Å²) in [6.07, 6.45) is -9.10. The molecule has 0 aliphatic heterocycles. The number of nitrogens with one attached hydrogen (secondary N) is 2. The van der Waals surface area contributed by atoms with Gasteiger partial charge in [0.1, 0.15) is 0 Å². The Bertz CT molecular complexity index is 606. The molecule has 0 saturated carbocycles. The number of hydrogen-bond donors (Lipinski definition) is 2. The molecule has 0 spiro atoms. The van der Waals surface area contributed by atoms with Crippen LogP contribution >= 0.6 is 0 Å². The first kappa shape index (κ1) is 17.0. The fraction of sp³-hybridized carbons (Fsp3) is 0.200. The van der Waals surface area contributed by atoms with E-state index in [1.807, 2.05) is 0 Å². The number of hydrogen-bond acceptors (Lipinski definition) is 2. The minimum absolute atomic E-state index is 0.211. The number of rotatable bonds is 4. The van der Waals surface area contributed by atoms with Gasteiger partial charge in [-0.05, 0) is 24.3 Å². The zero-order valence-corrected chi connectivity index (χ0v) is 11.6. The molecule has 2 aromatic rings. The van der Waals surface area contributed by atoms with Crippen molar-refractivity contribution >= 4 is 11.4 Å². The van der Waals surface area contributed by atoms with Crippen molar-refractivity contribution in [3.63, 3.8) is 0 Å². The summed E-state index contributed by atoms with van der Waals surface area (Å²) in [5.74, 6) is 0. The maximum atomic E-state index is 12.8. The summed E-state index contributed by atoms with van der Waals surface area (Å²) < 4.78 is 76.9. The van der Waals surface area contributed by atoms with Crippen molar-refractivity contribution in [2.45, 2.75) is 12.4 Å². The maximum absolute atomic E-state index is 12.8. The highest BCUT2D eigenvalue weighted by Gasteiger charge is 2.34. The van der Waals surface area contributed by atoms with Gasteiger partial charge in [0.2, 0.25) is 0 Å². The van der Waals surface area contributed by atoms with Crippen molar-refractivity contribution < 1.29 is 26.3 Å². The number of anilines is 2. The van der Waals surface area contributed by atoms with Crippen LogP contribution in [0.4, 0.5) is 37.7 Å². The topological polar surface area (TPSA) is 24.1 Å². The van der Waals surface area contributed by atoms with Gasteiger partial charge in [-0.1, -0.05) is 24.3 Å². The predicted octanol–water partition coefficient (Wildman–Crippen LogP) is 5.21. The fourth-order valence-electron chi connectivity index (χ4n) is 2.00. The predicted molar refractivity (Wildman–Crippen MR) is 75.0 cm³/mol. The molecule has 0 aromatic heterocycles. The quantitative estimate of drug-likeness (QED) is 0.593. The molecule has 8 heteroatoms. The van der Waals surface area contributed by atoms with Gasteiger partial charge in [0.25, 0.3) is 0 Å². The van der Waals surface area contributed by atoms with E-state index in [2.05, 4.69) is 10.6 Å². The van der Waals surface area contributed by atoms with Gasteiger partial charge in [-0.25, -0.2) is 0 Å². The fourth-order valence-corrected chi connectivity index (χ4v) is 2.00. The van der Waals surface area contributed by atoms with Crippen LogP contribution in [0.2, 0.25) is 0 Å². The first-order chi connectivity index (χ1) is 10.7. The van der Waals surface area contributed by atoms with E-state index in [0.717, 1.165) is 12.1 Å². The molecular weight excluding hydrogens is 322 g/mol. The smallest absolute Gasteiger partial charge is 0.367 e. The molecule has 2 nitrogen and oxygen atoms in total. The summed E-state index contributed by atoms with van der Waals surface area (Å²) in [4.78, 5) is 0. The standard InChI is InChI=1S/C15H12F6N2/c16-14(17,18)10-5-1-3-7-12(10)22-9-23-13-8-4-2-6-11(13)15(19,20)21/h1-8,22-23H,9H2. The third-order valence-electron chi connectivity index (χ3n) is 3.02. The first-order valence-electron chi connectivity index (χ1n) is 6.50. The van der Waals surface area contributed by atoms with E-state index in [1.54, 1.807) is 0 Å². The van der Waals surface area contributed by atoms with Gasteiger partial charge in [0, 0.05) is 11.4 Å². The van der Waals surface area contributed by atoms with Gasteiger partial charge < -0.3 is 10.6 Å². The van der Waals surface area contributed by atoms with E-state index < -0.39 is 23.5 Å². The molecule has 0 fully saturated rings. The molecule has 0 amide bonds. The van der Waals surface area contributed by atoms with Crippen LogP contribution in [-0.2, 0) is 12.4 Å². The average Bonchev–Trinajstić information content (AvgIpc) is 2.46. The Morgan fingerprint density at radius 1 is 0.609 bits per heavy atom. The average molecular weight is 334 g/mol. The lowest BCUT2D eigenvalue weighted by Gasteiger charge is -2.17. The molecule has 0 bridgehead atoms. The molecule has 0 aliphatic carbocycles. The van der Waals surface area contributed by atoms with Crippen molar-refractivity contribution in [1.82, 2.24) is 0 Å². The Kier molecular flexibility index (Phi) is 4.72. The Balaban J connectivity index is 2.11. The summed E-state index contributed by atoms with van der Waals surface area (Å²) in [6.45, 7) is -0.291. The first-order valence-corrected chi connectivity index (χ1v) is 6.50. The largest absolute Gasteiger partial charge is 0.418 e. The van der Waals surface area contributed by atoms with E-state index in [4.69, 9.17) is 0 Å². The van der Waals surface area contributed by atoms with E-state index in [9.17, 15) is 26.3 Å². The van der Waals surface area contributed by atoms with E-state index in [-0.39, 0.29) is 18.0 Å². The zero-order chi connectivity index (χ0) is 17.1. The van der Waals surface area contributed by atoms with Crippen LogP contribution in [0.1, 0.15) is 11.1 Å². The summed E-state index contributed by atoms with van der Waals surface area (Å²) in [5.41, 5.74) is -2.19. The van der Waals surface area contributed by atoms with Gasteiger partial charge in [0.05, 0.1) is 17.8 Å². The SMILES string of the molecule is FC(F)(F)c1ccccc1NCNc1ccccc1C(F)(F)F. The van der Waals surface area contributed by atoms with E-state index in [0.29, 0.717) is 0 Å². The second-order valence-corrected chi connectivity index (χ2v) is 4.62. The van der Waals surface area contributed by atoms with Gasteiger partial charge in [0.15, 0.2) is 0 Å². The summed E-state index contributed by atoms with van der Waals surface area (Å²) in [5, 5.41) is 4.90. The highest BCUT2D eigenvalue weighted by molar-refractivity contribution is 5.56. The molecule has 0 radical (unpaired) electrons. The van der Waals surface area contributed by atoms with E-state index in [1.165, 1.54) is 36.4 Å². The molecule has 2 rings (SSSR count). The minimum atomic E-state index is -4.55. The highest BCUT2D eigenvalue weighted by atomic mass is 19.4. The van der Waals surface area contributed by atoms with Crippen LogP contribution in [-0.4, -0.2) is 6.67 Å². The van der Waals surface area contributed by atoms with Crippen LogP contribution in [0.5, 0.6) is 0 Å². The molecule has 0 unspecified atom stereocenters. The molecule has 124 valence electrons. The summed E-state index contributed by atoms with van der Waals surface area (Å²) >= 11 is 0. The third-order valence-corrected chi connectivity index (χ3v) is 3.02. The zero-order valence-electron chi connectivity index (χ0n) is 11.6. The molecular formula is C15H12F6N2. The second kappa shape index (κ2) is 6.39. The normalized spacial score (nSPS) is 12.1.